The number of carbonyl (C=O) groups excluding carboxylic acids is 2. The highest BCUT2D eigenvalue weighted by molar-refractivity contribution is 5.96. The molecule has 1 rings (SSSR count). The van der Waals surface area contributed by atoms with Crippen molar-refractivity contribution in [2.45, 2.75) is 90.4 Å². The molecule has 0 unspecified atom stereocenters. The summed E-state index contributed by atoms with van der Waals surface area (Å²) in [5, 5.41) is 6.05. The number of esters is 1. The molecule has 1 aromatic carbocycles. The molecule has 0 atom stereocenters. The molecule has 0 aliphatic carbocycles. The third-order valence-corrected chi connectivity index (χ3v) is 5.50. The normalized spacial score (nSPS) is 10.6. The van der Waals surface area contributed by atoms with E-state index in [0.29, 0.717) is 11.3 Å². The molecular weight excluding hydrogens is 390 g/mol. The van der Waals surface area contributed by atoms with E-state index >= 15 is 0 Å². The summed E-state index contributed by atoms with van der Waals surface area (Å²) in [5.41, 5.74) is 7.98. The molecule has 0 radical (unpaired) electrons. The van der Waals surface area contributed by atoms with Crippen LogP contribution >= 0.6 is 0 Å². The second-order valence-corrected chi connectivity index (χ2v) is 8.20. The molecular formula is C25H43N3O3. The van der Waals surface area contributed by atoms with Crippen molar-refractivity contribution in [1.82, 2.24) is 5.32 Å². The van der Waals surface area contributed by atoms with Crippen LogP contribution in [0, 0.1) is 0 Å². The molecule has 4 N–H and O–H groups in total. The van der Waals surface area contributed by atoms with Crippen LogP contribution in [0.3, 0.4) is 0 Å². The van der Waals surface area contributed by atoms with Crippen molar-refractivity contribution in [1.29, 1.82) is 0 Å². The molecule has 0 aliphatic heterocycles. The first-order valence-electron chi connectivity index (χ1n) is 12.1. The molecule has 1 amide bonds. The summed E-state index contributed by atoms with van der Waals surface area (Å²) in [7, 11) is 1.33. The van der Waals surface area contributed by atoms with Crippen molar-refractivity contribution in [3.05, 3.63) is 23.8 Å². The molecule has 0 saturated carbocycles. The zero-order valence-electron chi connectivity index (χ0n) is 19.6. The summed E-state index contributed by atoms with van der Waals surface area (Å²) in [5.74, 6) is -0.597. The molecule has 0 heterocycles. The Balaban J connectivity index is 2.10. The topological polar surface area (TPSA) is 93.5 Å². The zero-order valence-corrected chi connectivity index (χ0v) is 19.6. The number of carbonyl (C=O) groups is 2. The number of unbranched alkanes of at least 4 members (excludes halogenated alkanes) is 11. The van der Waals surface area contributed by atoms with E-state index in [2.05, 4.69) is 22.3 Å². The lowest BCUT2D eigenvalue weighted by Crippen LogP contribution is -2.26. The van der Waals surface area contributed by atoms with E-state index in [1.165, 1.54) is 77.7 Å². The number of benzene rings is 1. The zero-order chi connectivity index (χ0) is 22.7. The fraction of sp³-hybridized carbons (Fsp3) is 0.680. The van der Waals surface area contributed by atoms with Crippen LogP contribution in [0.1, 0.15) is 101 Å². The van der Waals surface area contributed by atoms with Crippen LogP contribution in [0.25, 0.3) is 0 Å². The minimum absolute atomic E-state index is 0.149. The molecule has 0 spiro atoms. The molecule has 31 heavy (non-hydrogen) atoms. The number of amides is 1. The number of ether oxygens (including phenoxy) is 1. The van der Waals surface area contributed by atoms with Gasteiger partial charge in [0.15, 0.2) is 0 Å². The Bertz CT molecular complexity index is 634. The van der Waals surface area contributed by atoms with Gasteiger partial charge in [0.05, 0.1) is 24.9 Å². The molecule has 176 valence electrons. The molecule has 0 aliphatic rings. The van der Waals surface area contributed by atoms with Crippen molar-refractivity contribution in [2.75, 3.05) is 31.2 Å². The van der Waals surface area contributed by atoms with Crippen LogP contribution in [0.15, 0.2) is 18.2 Å². The maximum absolute atomic E-state index is 12.1. The number of nitrogens with two attached hydrogens (primary N) is 1. The van der Waals surface area contributed by atoms with Crippen LogP contribution in [0.2, 0.25) is 0 Å². The lowest BCUT2D eigenvalue weighted by atomic mass is 10.1. The van der Waals surface area contributed by atoms with Crippen LogP contribution in [0.5, 0.6) is 0 Å². The van der Waals surface area contributed by atoms with Crippen molar-refractivity contribution in [2.24, 2.45) is 0 Å². The predicted octanol–water partition coefficient (Wildman–Crippen LogP) is 5.67. The van der Waals surface area contributed by atoms with Gasteiger partial charge in [-0.05, 0) is 24.6 Å². The Morgan fingerprint density at radius 2 is 1.45 bits per heavy atom. The third-order valence-electron chi connectivity index (χ3n) is 5.50. The molecule has 0 aromatic heterocycles. The summed E-state index contributed by atoms with van der Waals surface area (Å²) in [6, 6.07) is 5.25. The summed E-state index contributed by atoms with van der Waals surface area (Å²) >= 11 is 0. The van der Waals surface area contributed by atoms with Gasteiger partial charge in [-0.3, -0.25) is 9.59 Å². The van der Waals surface area contributed by atoms with E-state index in [-0.39, 0.29) is 24.8 Å². The standard InChI is InChI=1S/C25H43N3O3/c1-3-4-5-6-7-8-9-10-11-12-13-14-18-27-23-16-15-21(20-22(23)26)25(30)28-19-17-24(29)31-2/h15-16,20,27H,3-14,17-19,26H2,1-2H3,(H,28,30). The first kappa shape index (κ1) is 26.8. The Kier molecular flexibility index (Phi) is 15.1. The van der Waals surface area contributed by atoms with Crippen LogP contribution < -0.4 is 16.4 Å². The summed E-state index contributed by atoms with van der Waals surface area (Å²) in [4.78, 5) is 23.2. The Hall–Kier alpha value is -2.24. The minimum Gasteiger partial charge on any atom is -0.469 e. The van der Waals surface area contributed by atoms with Crippen molar-refractivity contribution in [3.8, 4) is 0 Å². The molecule has 6 heteroatoms. The van der Waals surface area contributed by atoms with Crippen LogP contribution in [0.4, 0.5) is 11.4 Å². The Morgan fingerprint density at radius 1 is 0.871 bits per heavy atom. The van der Waals surface area contributed by atoms with Crippen molar-refractivity contribution >= 4 is 23.3 Å². The average Bonchev–Trinajstić information content (AvgIpc) is 2.77. The van der Waals surface area contributed by atoms with Gasteiger partial charge >= 0.3 is 5.97 Å². The molecule has 6 nitrogen and oxygen atoms in total. The maximum Gasteiger partial charge on any atom is 0.307 e. The van der Waals surface area contributed by atoms with Crippen LogP contribution in [-0.2, 0) is 9.53 Å². The van der Waals surface area contributed by atoms with Crippen molar-refractivity contribution in [3.63, 3.8) is 0 Å². The molecule has 0 bridgehead atoms. The molecule has 0 fully saturated rings. The van der Waals surface area contributed by atoms with Crippen LogP contribution in [-0.4, -0.2) is 32.1 Å². The second kappa shape index (κ2) is 17.4. The first-order valence-corrected chi connectivity index (χ1v) is 12.1. The largest absolute Gasteiger partial charge is 0.469 e. The van der Waals surface area contributed by atoms with E-state index in [9.17, 15) is 9.59 Å². The lowest BCUT2D eigenvalue weighted by Gasteiger charge is -2.11. The van der Waals surface area contributed by atoms with Gasteiger partial charge < -0.3 is 21.1 Å². The van der Waals surface area contributed by atoms with Gasteiger partial charge in [0, 0.05) is 18.7 Å². The second-order valence-electron chi connectivity index (χ2n) is 8.20. The Labute approximate surface area is 188 Å². The van der Waals surface area contributed by atoms with Gasteiger partial charge in [-0.2, -0.15) is 0 Å². The van der Waals surface area contributed by atoms with E-state index in [1.54, 1.807) is 12.1 Å². The highest BCUT2D eigenvalue weighted by atomic mass is 16.5. The number of methoxy groups -OCH3 is 1. The number of nitrogens with one attached hydrogen (secondary N) is 2. The van der Waals surface area contributed by atoms with Crippen molar-refractivity contribution < 1.29 is 14.3 Å². The smallest absolute Gasteiger partial charge is 0.307 e. The van der Waals surface area contributed by atoms with Gasteiger partial charge in [0.1, 0.15) is 0 Å². The number of rotatable bonds is 18. The van der Waals surface area contributed by atoms with Gasteiger partial charge in [-0.25, -0.2) is 0 Å². The maximum atomic E-state index is 12.1. The predicted molar refractivity (Wildman–Crippen MR) is 129 cm³/mol. The highest BCUT2D eigenvalue weighted by Crippen LogP contribution is 2.20. The molecule has 1 aromatic rings. The van der Waals surface area contributed by atoms with E-state index in [0.717, 1.165) is 18.7 Å². The SMILES string of the molecule is CCCCCCCCCCCCCCNc1ccc(C(=O)NCCC(=O)OC)cc1N. The number of hydrogen-bond donors (Lipinski definition) is 3. The number of anilines is 2. The van der Waals surface area contributed by atoms with E-state index < -0.39 is 0 Å². The number of hydrogen-bond acceptors (Lipinski definition) is 5. The average molecular weight is 434 g/mol. The van der Waals surface area contributed by atoms with Gasteiger partial charge in [0.2, 0.25) is 0 Å². The summed E-state index contributed by atoms with van der Waals surface area (Å²) in [6.07, 6.45) is 16.2. The molecule has 0 saturated heterocycles. The fourth-order valence-electron chi connectivity index (χ4n) is 3.54. The van der Waals surface area contributed by atoms with Gasteiger partial charge in [0.25, 0.3) is 5.91 Å². The van der Waals surface area contributed by atoms with Gasteiger partial charge in [-0.15, -0.1) is 0 Å². The summed E-state index contributed by atoms with van der Waals surface area (Å²) < 4.78 is 4.55. The fourth-order valence-corrected chi connectivity index (χ4v) is 3.54. The Morgan fingerprint density at radius 3 is 2.00 bits per heavy atom. The highest BCUT2D eigenvalue weighted by Gasteiger charge is 2.09. The van der Waals surface area contributed by atoms with E-state index in [4.69, 9.17) is 5.73 Å². The minimum atomic E-state index is -0.350. The summed E-state index contributed by atoms with van der Waals surface area (Å²) in [6.45, 7) is 3.39. The number of nitrogen functional groups attached to an aromatic ring is 1. The monoisotopic (exact) mass is 433 g/mol. The lowest BCUT2D eigenvalue weighted by molar-refractivity contribution is -0.140. The van der Waals surface area contributed by atoms with Gasteiger partial charge in [-0.1, -0.05) is 77.6 Å². The third kappa shape index (κ3) is 12.9. The van der Waals surface area contributed by atoms with E-state index in [1.807, 2.05) is 6.07 Å². The first-order chi connectivity index (χ1) is 15.1. The quantitative estimate of drug-likeness (QED) is 0.157.